The van der Waals surface area contributed by atoms with Crippen LogP contribution in [0.2, 0.25) is 0 Å². The van der Waals surface area contributed by atoms with Gasteiger partial charge in [-0.25, -0.2) is 9.78 Å². The predicted molar refractivity (Wildman–Crippen MR) is 86.0 cm³/mol. The highest BCUT2D eigenvalue weighted by Gasteiger charge is 2.44. The third kappa shape index (κ3) is 3.26. The number of thiazole rings is 1. The zero-order valence-corrected chi connectivity index (χ0v) is 14.2. The molecule has 0 aromatic carbocycles. The molecule has 2 fully saturated rings. The average Bonchev–Trinajstić information content (AvgIpc) is 3.04. The highest BCUT2D eigenvalue weighted by atomic mass is 32.1. The van der Waals surface area contributed by atoms with E-state index in [1.165, 1.54) is 0 Å². The van der Waals surface area contributed by atoms with E-state index in [0.29, 0.717) is 6.04 Å². The van der Waals surface area contributed by atoms with Crippen molar-refractivity contribution >= 4 is 17.4 Å². The van der Waals surface area contributed by atoms with Crippen LogP contribution in [0.3, 0.4) is 0 Å². The maximum absolute atomic E-state index is 12.0. The van der Waals surface area contributed by atoms with Crippen LogP contribution >= 0.6 is 11.3 Å². The van der Waals surface area contributed by atoms with Gasteiger partial charge in [-0.15, -0.1) is 11.3 Å². The summed E-state index contributed by atoms with van der Waals surface area (Å²) < 4.78 is 5.98. The minimum absolute atomic E-state index is 0.0516. The van der Waals surface area contributed by atoms with Gasteiger partial charge in [-0.1, -0.05) is 0 Å². The van der Waals surface area contributed by atoms with Crippen LogP contribution in [0.5, 0.6) is 0 Å². The Kier molecular flexibility index (Phi) is 4.65. The molecule has 1 N–H and O–H groups in total. The van der Waals surface area contributed by atoms with E-state index in [-0.39, 0.29) is 18.2 Å². The molecule has 7 heteroatoms. The first-order valence-corrected chi connectivity index (χ1v) is 8.67. The number of carbonyl (C=O) groups is 1. The van der Waals surface area contributed by atoms with Crippen molar-refractivity contribution in [1.29, 1.82) is 0 Å². The molecule has 1 aromatic heterocycles. The van der Waals surface area contributed by atoms with Gasteiger partial charge in [-0.2, -0.15) is 0 Å². The number of hydrogen-bond acceptors (Lipinski definition) is 5. The second-order valence-electron chi connectivity index (χ2n) is 6.28. The number of carbonyl (C=O) groups excluding carboxylic acids is 1. The topological polar surface area (TPSA) is 57.7 Å². The Morgan fingerprint density at radius 3 is 3.09 bits per heavy atom. The number of ether oxygens (including phenoxy) is 1. The van der Waals surface area contributed by atoms with Gasteiger partial charge in [0.05, 0.1) is 22.8 Å². The number of rotatable bonds is 3. The fraction of sp³-hybridized carbons (Fsp3) is 0.733. The van der Waals surface area contributed by atoms with Crippen molar-refractivity contribution in [2.24, 2.45) is 0 Å². The lowest BCUT2D eigenvalue weighted by molar-refractivity contribution is -0.0209. The van der Waals surface area contributed by atoms with Gasteiger partial charge in [-0.3, -0.25) is 4.90 Å². The van der Waals surface area contributed by atoms with Gasteiger partial charge in [0, 0.05) is 45.2 Å². The maximum atomic E-state index is 12.0. The van der Waals surface area contributed by atoms with Crippen LogP contribution in [0.4, 0.5) is 4.79 Å². The summed E-state index contributed by atoms with van der Waals surface area (Å²) in [6.45, 7) is 4.48. The first kappa shape index (κ1) is 15.7. The summed E-state index contributed by atoms with van der Waals surface area (Å²) in [5.74, 6) is 0. The number of aryl methyl sites for hydroxylation is 1. The number of nitrogens with zero attached hydrogens (tertiary/aromatic N) is 3. The highest BCUT2D eigenvalue weighted by molar-refractivity contribution is 7.09. The van der Waals surface area contributed by atoms with Crippen molar-refractivity contribution in [3.8, 4) is 0 Å². The Balaban J connectivity index is 1.70. The molecule has 0 unspecified atom stereocenters. The van der Waals surface area contributed by atoms with Gasteiger partial charge in [0.25, 0.3) is 0 Å². The summed E-state index contributed by atoms with van der Waals surface area (Å²) in [7, 11) is 3.53. The third-order valence-electron chi connectivity index (χ3n) is 4.38. The van der Waals surface area contributed by atoms with Gasteiger partial charge in [0.15, 0.2) is 0 Å². The molecule has 22 heavy (non-hydrogen) atoms. The number of fused-ring (bicyclic) bond motifs is 1. The molecule has 1 aromatic rings. The number of amides is 2. The molecule has 0 aliphatic carbocycles. The van der Waals surface area contributed by atoms with Crippen molar-refractivity contribution in [3.05, 3.63) is 16.1 Å². The van der Waals surface area contributed by atoms with E-state index in [4.69, 9.17) is 4.74 Å². The standard InChI is InChI=1S/C15H24N4O2S/c1-10-16-11(9-22-10)7-19-8-12(17-15(20)18(2)3)14-13(19)5-4-6-21-14/h9,12-14H,4-8H2,1-3H3,(H,17,20)/t12-,13-,14-/m1/s1. The fourth-order valence-electron chi connectivity index (χ4n) is 3.34. The van der Waals surface area contributed by atoms with E-state index >= 15 is 0 Å². The molecule has 2 aliphatic rings. The third-order valence-corrected chi connectivity index (χ3v) is 5.20. The first-order chi connectivity index (χ1) is 10.5. The van der Waals surface area contributed by atoms with Crippen LogP contribution in [0.15, 0.2) is 5.38 Å². The monoisotopic (exact) mass is 324 g/mol. The molecule has 2 amide bonds. The minimum Gasteiger partial charge on any atom is -0.374 e. The normalized spacial score (nSPS) is 28.4. The summed E-state index contributed by atoms with van der Waals surface area (Å²) in [6, 6.07) is 0.382. The molecule has 0 radical (unpaired) electrons. The van der Waals surface area contributed by atoms with Gasteiger partial charge >= 0.3 is 6.03 Å². The fourth-order valence-corrected chi connectivity index (χ4v) is 3.94. The lowest BCUT2D eigenvalue weighted by Gasteiger charge is -2.32. The molecular formula is C15H24N4O2S. The van der Waals surface area contributed by atoms with Gasteiger partial charge in [0.2, 0.25) is 0 Å². The molecule has 0 bridgehead atoms. The van der Waals surface area contributed by atoms with Crippen LogP contribution in [0, 0.1) is 6.92 Å². The van der Waals surface area contributed by atoms with E-state index in [2.05, 4.69) is 20.6 Å². The Morgan fingerprint density at radius 1 is 1.59 bits per heavy atom. The van der Waals surface area contributed by atoms with Crippen LogP contribution < -0.4 is 5.32 Å². The second-order valence-corrected chi connectivity index (χ2v) is 7.34. The quantitative estimate of drug-likeness (QED) is 0.914. The molecule has 0 spiro atoms. The molecule has 6 nitrogen and oxygen atoms in total. The Morgan fingerprint density at radius 2 is 2.41 bits per heavy atom. The van der Waals surface area contributed by atoms with E-state index in [0.717, 1.165) is 43.2 Å². The second kappa shape index (κ2) is 6.52. The van der Waals surface area contributed by atoms with Crippen LogP contribution in [0.1, 0.15) is 23.5 Å². The molecule has 122 valence electrons. The van der Waals surface area contributed by atoms with E-state index < -0.39 is 0 Å². The van der Waals surface area contributed by atoms with E-state index in [1.807, 2.05) is 6.92 Å². The van der Waals surface area contributed by atoms with Crippen molar-refractivity contribution in [2.75, 3.05) is 27.2 Å². The largest absolute Gasteiger partial charge is 0.374 e. The minimum atomic E-state index is -0.0516. The van der Waals surface area contributed by atoms with Crippen LogP contribution in [0.25, 0.3) is 0 Å². The van der Waals surface area contributed by atoms with Crippen molar-refractivity contribution in [1.82, 2.24) is 20.1 Å². The zero-order valence-electron chi connectivity index (χ0n) is 13.4. The maximum Gasteiger partial charge on any atom is 0.317 e. The molecule has 3 heterocycles. The zero-order chi connectivity index (χ0) is 15.7. The number of nitrogens with one attached hydrogen (secondary N) is 1. The Labute approximate surface area is 135 Å². The van der Waals surface area contributed by atoms with Gasteiger partial charge < -0.3 is 15.0 Å². The molecule has 3 atom stereocenters. The van der Waals surface area contributed by atoms with Crippen LogP contribution in [-0.4, -0.2) is 66.2 Å². The SMILES string of the molecule is Cc1nc(CN2C[C@@H](NC(=O)N(C)C)[C@H]3OCCC[C@H]32)cs1. The van der Waals surface area contributed by atoms with Gasteiger partial charge in [0.1, 0.15) is 0 Å². The highest BCUT2D eigenvalue weighted by Crippen LogP contribution is 2.30. The Bertz CT molecular complexity index is 533. The van der Waals surface area contributed by atoms with E-state index in [1.54, 1.807) is 30.3 Å². The van der Waals surface area contributed by atoms with Crippen LogP contribution in [-0.2, 0) is 11.3 Å². The predicted octanol–water partition coefficient (Wildman–Crippen LogP) is 1.45. The van der Waals surface area contributed by atoms with Crippen molar-refractivity contribution in [2.45, 2.75) is 44.5 Å². The summed E-state index contributed by atoms with van der Waals surface area (Å²) >= 11 is 1.69. The van der Waals surface area contributed by atoms with E-state index in [9.17, 15) is 4.79 Å². The average molecular weight is 324 g/mol. The molecule has 2 saturated heterocycles. The molecule has 2 aliphatic heterocycles. The Hall–Kier alpha value is -1.18. The number of urea groups is 1. The molecule has 3 rings (SSSR count). The number of aromatic nitrogens is 1. The summed E-state index contributed by atoms with van der Waals surface area (Å²) in [6.07, 6.45) is 2.31. The lowest BCUT2D eigenvalue weighted by Crippen LogP contribution is -2.50. The van der Waals surface area contributed by atoms with Crippen molar-refractivity contribution in [3.63, 3.8) is 0 Å². The summed E-state index contributed by atoms with van der Waals surface area (Å²) in [4.78, 5) is 20.5. The molecule has 0 saturated carbocycles. The summed E-state index contributed by atoms with van der Waals surface area (Å²) in [5, 5.41) is 6.33. The number of hydrogen-bond donors (Lipinski definition) is 1. The van der Waals surface area contributed by atoms with Gasteiger partial charge in [-0.05, 0) is 19.8 Å². The lowest BCUT2D eigenvalue weighted by atomic mass is 10.0. The first-order valence-electron chi connectivity index (χ1n) is 7.79. The summed E-state index contributed by atoms with van der Waals surface area (Å²) in [5.41, 5.74) is 1.12. The number of likely N-dealkylation sites (tertiary alicyclic amines) is 1. The smallest absolute Gasteiger partial charge is 0.317 e. The van der Waals surface area contributed by atoms with Crippen molar-refractivity contribution < 1.29 is 9.53 Å². The molecular weight excluding hydrogens is 300 g/mol.